The van der Waals surface area contributed by atoms with Crippen molar-refractivity contribution in [1.29, 1.82) is 0 Å². The predicted octanol–water partition coefficient (Wildman–Crippen LogP) is 1.83. The van der Waals surface area contributed by atoms with Gasteiger partial charge in [-0.15, -0.1) is 0 Å². The molecule has 0 aliphatic rings. The lowest BCUT2D eigenvalue weighted by Crippen LogP contribution is -2.29. The van der Waals surface area contributed by atoms with E-state index in [2.05, 4.69) is 19.2 Å². The molecule has 0 aliphatic heterocycles. The van der Waals surface area contributed by atoms with E-state index in [1.165, 1.54) is 6.07 Å². The van der Waals surface area contributed by atoms with Crippen molar-refractivity contribution in [3.63, 3.8) is 0 Å². The van der Waals surface area contributed by atoms with Gasteiger partial charge in [0.2, 0.25) is 0 Å². The van der Waals surface area contributed by atoms with E-state index in [1.54, 1.807) is 19.1 Å². The second-order valence-corrected chi connectivity index (χ2v) is 4.93. The van der Waals surface area contributed by atoms with E-state index < -0.39 is 11.9 Å². The monoisotopic (exact) mass is 342 g/mol. The Bertz CT molecular complexity index is 563. The number of aliphatic carboxylic acids is 2. The number of nitrogens with zero attached hydrogens (tertiary/aromatic N) is 1. The van der Waals surface area contributed by atoms with Gasteiger partial charge in [-0.2, -0.15) is 0 Å². The van der Waals surface area contributed by atoms with Crippen molar-refractivity contribution >= 4 is 17.6 Å². The molecule has 0 heterocycles. The number of carboxylic acids is 2. The van der Waals surface area contributed by atoms with Crippen LogP contribution in [0.5, 0.6) is 5.75 Å². The molecule has 1 aromatic carbocycles. The van der Waals surface area contributed by atoms with Gasteiger partial charge in [0, 0.05) is 24.2 Å². The standard InChI is InChI=1S/C13H20N2O3.C2H2O4/c1-4-11(3)14-7-8-18-12-5-6-13(15(16)17)10(2)9-12;3-1(4)2(5)6/h5-6,9,11,14H,4,7-8H2,1-3H3;(H,3,4)(H,5,6). The van der Waals surface area contributed by atoms with Crippen LogP contribution in [0.25, 0.3) is 0 Å². The van der Waals surface area contributed by atoms with E-state index in [4.69, 9.17) is 24.5 Å². The molecule has 24 heavy (non-hydrogen) atoms. The van der Waals surface area contributed by atoms with Crippen LogP contribution in [0.4, 0.5) is 5.69 Å². The average molecular weight is 342 g/mol. The molecule has 0 bridgehead atoms. The summed E-state index contributed by atoms with van der Waals surface area (Å²) in [7, 11) is 0. The fourth-order valence-corrected chi connectivity index (χ4v) is 1.54. The second kappa shape index (κ2) is 10.9. The highest BCUT2D eigenvalue weighted by Crippen LogP contribution is 2.22. The Hall–Kier alpha value is -2.68. The number of ether oxygens (including phenoxy) is 1. The fourth-order valence-electron chi connectivity index (χ4n) is 1.54. The van der Waals surface area contributed by atoms with Crippen LogP contribution in [-0.2, 0) is 9.59 Å². The lowest BCUT2D eigenvalue weighted by atomic mass is 10.2. The molecule has 0 spiro atoms. The number of nitrogens with one attached hydrogen (secondary N) is 1. The highest BCUT2D eigenvalue weighted by Gasteiger charge is 2.10. The maximum absolute atomic E-state index is 10.7. The summed E-state index contributed by atoms with van der Waals surface area (Å²) in [6.45, 7) is 7.28. The minimum Gasteiger partial charge on any atom is -0.492 e. The molecule has 0 saturated heterocycles. The minimum atomic E-state index is -1.82. The van der Waals surface area contributed by atoms with E-state index in [-0.39, 0.29) is 10.6 Å². The van der Waals surface area contributed by atoms with Crippen LogP contribution in [0.1, 0.15) is 25.8 Å². The number of benzene rings is 1. The summed E-state index contributed by atoms with van der Waals surface area (Å²) in [5.41, 5.74) is 0.743. The first-order valence-electron chi connectivity index (χ1n) is 7.26. The third-order valence-corrected chi connectivity index (χ3v) is 3.02. The van der Waals surface area contributed by atoms with Crippen LogP contribution in [0.2, 0.25) is 0 Å². The molecule has 134 valence electrons. The number of nitro benzene ring substituents is 1. The molecule has 9 nitrogen and oxygen atoms in total. The molecule has 1 unspecified atom stereocenters. The van der Waals surface area contributed by atoms with Crippen LogP contribution < -0.4 is 10.1 Å². The number of carbonyl (C=O) groups is 2. The van der Waals surface area contributed by atoms with Gasteiger partial charge in [0.1, 0.15) is 12.4 Å². The van der Waals surface area contributed by atoms with E-state index in [9.17, 15) is 10.1 Å². The van der Waals surface area contributed by atoms with Crippen molar-refractivity contribution in [1.82, 2.24) is 5.32 Å². The van der Waals surface area contributed by atoms with Gasteiger partial charge in [-0.05, 0) is 32.4 Å². The Morgan fingerprint density at radius 3 is 2.33 bits per heavy atom. The summed E-state index contributed by atoms with van der Waals surface area (Å²) >= 11 is 0. The van der Waals surface area contributed by atoms with E-state index >= 15 is 0 Å². The van der Waals surface area contributed by atoms with Crippen molar-refractivity contribution in [3.8, 4) is 5.75 Å². The van der Waals surface area contributed by atoms with E-state index in [1.807, 2.05) is 0 Å². The van der Waals surface area contributed by atoms with Crippen molar-refractivity contribution in [2.45, 2.75) is 33.2 Å². The number of aryl methyl sites for hydroxylation is 1. The highest BCUT2D eigenvalue weighted by molar-refractivity contribution is 6.27. The van der Waals surface area contributed by atoms with E-state index in [0.717, 1.165) is 13.0 Å². The smallest absolute Gasteiger partial charge is 0.414 e. The third kappa shape index (κ3) is 8.69. The number of rotatable bonds is 7. The maximum Gasteiger partial charge on any atom is 0.414 e. The first-order valence-corrected chi connectivity index (χ1v) is 7.26. The molecule has 9 heteroatoms. The topological polar surface area (TPSA) is 139 Å². The normalized spacial score (nSPS) is 11.0. The van der Waals surface area contributed by atoms with Crippen molar-refractivity contribution < 1.29 is 29.5 Å². The molecule has 0 fully saturated rings. The zero-order valence-electron chi connectivity index (χ0n) is 13.8. The molecule has 1 aromatic rings. The Balaban J connectivity index is 0.000000754. The number of nitro groups is 1. The summed E-state index contributed by atoms with van der Waals surface area (Å²) in [6.07, 6.45) is 1.08. The molecule has 1 rings (SSSR count). The predicted molar refractivity (Wildman–Crippen MR) is 86.4 cm³/mol. The lowest BCUT2D eigenvalue weighted by Gasteiger charge is -2.12. The van der Waals surface area contributed by atoms with E-state index in [0.29, 0.717) is 24.0 Å². The van der Waals surface area contributed by atoms with Crippen LogP contribution in [-0.4, -0.2) is 46.3 Å². The Morgan fingerprint density at radius 1 is 1.33 bits per heavy atom. The number of hydrogen-bond acceptors (Lipinski definition) is 6. The summed E-state index contributed by atoms with van der Waals surface area (Å²) < 4.78 is 5.53. The number of hydrogen-bond donors (Lipinski definition) is 3. The van der Waals surface area contributed by atoms with Crippen LogP contribution in [0.3, 0.4) is 0 Å². The summed E-state index contributed by atoms with van der Waals surface area (Å²) in [4.78, 5) is 28.5. The molecule has 1 atom stereocenters. The van der Waals surface area contributed by atoms with Crippen molar-refractivity contribution in [2.75, 3.05) is 13.2 Å². The SMILES string of the molecule is CCC(C)NCCOc1ccc([N+](=O)[O-])c(C)c1.O=C(O)C(=O)O. The number of carboxylic acid groups (broad SMARTS) is 2. The average Bonchev–Trinajstić information content (AvgIpc) is 2.51. The quantitative estimate of drug-likeness (QED) is 0.295. The van der Waals surface area contributed by atoms with Gasteiger partial charge in [-0.3, -0.25) is 10.1 Å². The summed E-state index contributed by atoms with van der Waals surface area (Å²) in [6, 6.07) is 5.29. The molecular formula is C15H22N2O7. The van der Waals surface area contributed by atoms with Crippen molar-refractivity contribution in [3.05, 3.63) is 33.9 Å². The summed E-state index contributed by atoms with van der Waals surface area (Å²) in [5.74, 6) is -2.98. The largest absolute Gasteiger partial charge is 0.492 e. The lowest BCUT2D eigenvalue weighted by molar-refractivity contribution is -0.385. The molecule has 0 aromatic heterocycles. The van der Waals surface area contributed by atoms with Gasteiger partial charge in [-0.1, -0.05) is 6.92 Å². The van der Waals surface area contributed by atoms with Crippen LogP contribution in [0.15, 0.2) is 18.2 Å². The maximum atomic E-state index is 10.7. The molecule has 0 radical (unpaired) electrons. The van der Waals surface area contributed by atoms with Crippen LogP contribution >= 0.6 is 0 Å². The summed E-state index contributed by atoms with van der Waals surface area (Å²) in [5, 5.41) is 28.8. The Kier molecular flexibility index (Phi) is 9.73. The Morgan fingerprint density at radius 2 is 1.92 bits per heavy atom. The molecule has 0 aliphatic carbocycles. The first-order chi connectivity index (χ1) is 11.2. The Labute approximate surface area is 139 Å². The first kappa shape index (κ1) is 21.3. The van der Waals surface area contributed by atoms with Gasteiger partial charge >= 0.3 is 11.9 Å². The van der Waals surface area contributed by atoms with Gasteiger partial charge in [0.25, 0.3) is 5.69 Å². The minimum absolute atomic E-state index is 0.125. The zero-order chi connectivity index (χ0) is 18.7. The molecule has 3 N–H and O–H groups in total. The van der Waals surface area contributed by atoms with Crippen molar-refractivity contribution in [2.24, 2.45) is 0 Å². The van der Waals surface area contributed by atoms with Gasteiger partial charge in [0.05, 0.1) is 4.92 Å². The molecular weight excluding hydrogens is 320 g/mol. The molecule has 0 saturated carbocycles. The second-order valence-electron chi connectivity index (χ2n) is 4.93. The zero-order valence-corrected chi connectivity index (χ0v) is 13.8. The molecule has 0 amide bonds. The fraction of sp³-hybridized carbons (Fsp3) is 0.467. The third-order valence-electron chi connectivity index (χ3n) is 3.02. The van der Waals surface area contributed by atoms with Crippen LogP contribution in [0, 0.1) is 17.0 Å². The van der Waals surface area contributed by atoms with Gasteiger partial charge in [-0.25, -0.2) is 9.59 Å². The van der Waals surface area contributed by atoms with Gasteiger partial charge in [0.15, 0.2) is 0 Å². The van der Waals surface area contributed by atoms with Gasteiger partial charge < -0.3 is 20.3 Å². The highest BCUT2D eigenvalue weighted by atomic mass is 16.6.